The van der Waals surface area contributed by atoms with E-state index in [2.05, 4.69) is 11.4 Å². The predicted octanol–water partition coefficient (Wildman–Crippen LogP) is 3.51. The van der Waals surface area contributed by atoms with Gasteiger partial charge in [-0.15, -0.1) is 0 Å². The number of sulfonamides is 1. The number of carbonyl (C=O) groups is 1. The second kappa shape index (κ2) is 9.46. The van der Waals surface area contributed by atoms with Gasteiger partial charge in [0, 0.05) is 11.6 Å². The lowest BCUT2D eigenvalue weighted by atomic mass is 9.97. The Bertz CT molecular complexity index is 808. The summed E-state index contributed by atoms with van der Waals surface area (Å²) in [5, 5.41) is 3.20. The highest BCUT2D eigenvalue weighted by molar-refractivity contribution is 7.92. The van der Waals surface area contributed by atoms with Crippen LogP contribution in [0.2, 0.25) is 5.02 Å². The molecule has 8 heteroatoms. The van der Waals surface area contributed by atoms with E-state index in [4.69, 9.17) is 16.3 Å². The molecule has 0 spiro atoms. The number of allylic oxidation sites excluding steroid dienone is 1. The minimum atomic E-state index is -3.73. The van der Waals surface area contributed by atoms with Gasteiger partial charge in [-0.3, -0.25) is 9.10 Å². The van der Waals surface area contributed by atoms with E-state index in [0.29, 0.717) is 17.3 Å². The number of nitrogens with one attached hydrogen (secondary N) is 1. The number of rotatable bonds is 8. The summed E-state index contributed by atoms with van der Waals surface area (Å²) in [6.07, 6.45) is 8.65. The van der Waals surface area contributed by atoms with Crippen LogP contribution in [-0.2, 0) is 14.8 Å². The molecule has 1 aromatic rings. The maximum Gasteiger partial charge on any atom is 0.243 e. The molecule has 150 valence electrons. The van der Waals surface area contributed by atoms with Crippen molar-refractivity contribution < 1.29 is 17.9 Å². The van der Waals surface area contributed by atoms with Crippen molar-refractivity contribution in [3.63, 3.8) is 0 Å². The molecule has 2 rings (SSSR count). The first kappa shape index (κ1) is 21.6. The molecule has 0 saturated carbocycles. The number of methoxy groups -OCH3 is 1. The van der Waals surface area contributed by atoms with Crippen LogP contribution in [0.15, 0.2) is 29.8 Å². The zero-order valence-corrected chi connectivity index (χ0v) is 17.6. The molecule has 1 aromatic carbocycles. The molecule has 1 N–H and O–H groups in total. The Kier molecular flexibility index (Phi) is 7.56. The van der Waals surface area contributed by atoms with Gasteiger partial charge in [0.1, 0.15) is 11.8 Å². The van der Waals surface area contributed by atoms with Gasteiger partial charge in [0.15, 0.2) is 0 Å². The summed E-state index contributed by atoms with van der Waals surface area (Å²) in [6, 6.07) is 3.73. The highest BCUT2D eigenvalue weighted by atomic mass is 35.5. The molecule has 0 saturated heterocycles. The molecule has 1 atom stereocenters. The lowest BCUT2D eigenvalue weighted by Gasteiger charge is -2.29. The number of amides is 1. The molecule has 1 unspecified atom stereocenters. The number of halogens is 1. The van der Waals surface area contributed by atoms with Crippen LogP contribution >= 0.6 is 11.6 Å². The molecular formula is C19H27ClN2O4S. The SMILES string of the molecule is COc1ccc(Cl)cc1N(C(C)C(=O)NCCC1=CCCCC1)S(C)(=O)=O. The second-order valence-corrected chi connectivity index (χ2v) is 9.00. The Morgan fingerprint density at radius 2 is 2.11 bits per heavy atom. The predicted molar refractivity (Wildman–Crippen MR) is 109 cm³/mol. The molecule has 6 nitrogen and oxygen atoms in total. The van der Waals surface area contributed by atoms with Gasteiger partial charge in [-0.1, -0.05) is 23.3 Å². The quantitative estimate of drug-likeness (QED) is 0.660. The Labute approximate surface area is 166 Å². The molecule has 1 aliphatic rings. The molecule has 0 aromatic heterocycles. The third-order valence-electron chi connectivity index (χ3n) is 4.60. The van der Waals surface area contributed by atoms with E-state index < -0.39 is 16.1 Å². The molecule has 0 bridgehead atoms. The Hall–Kier alpha value is -1.73. The highest BCUT2D eigenvalue weighted by Crippen LogP contribution is 2.34. The molecule has 0 radical (unpaired) electrons. The average Bonchev–Trinajstić information content (AvgIpc) is 2.61. The van der Waals surface area contributed by atoms with E-state index in [0.717, 1.165) is 29.8 Å². The monoisotopic (exact) mass is 414 g/mol. The van der Waals surface area contributed by atoms with Crippen molar-refractivity contribution in [2.45, 2.75) is 45.1 Å². The largest absolute Gasteiger partial charge is 0.495 e. The first-order valence-corrected chi connectivity index (χ1v) is 11.2. The van der Waals surface area contributed by atoms with E-state index in [1.165, 1.54) is 31.6 Å². The average molecular weight is 415 g/mol. The number of hydrogen-bond acceptors (Lipinski definition) is 4. The van der Waals surface area contributed by atoms with Crippen molar-refractivity contribution in [1.29, 1.82) is 0 Å². The fraction of sp³-hybridized carbons (Fsp3) is 0.526. The van der Waals surface area contributed by atoms with Crippen LogP contribution in [0.25, 0.3) is 0 Å². The van der Waals surface area contributed by atoms with Crippen molar-refractivity contribution in [2.75, 3.05) is 24.2 Å². The van der Waals surface area contributed by atoms with Crippen molar-refractivity contribution >= 4 is 33.2 Å². The normalized spacial score (nSPS) is 15.6. The zero-order valence-electron chi connectivity index (χ0n) is 16.0. The van der Waals surface area contributed by atoms with Crippen molar-refractivity contribution in [3.8, 4) is 5.75 Å². The number of hydrogen-bond donors (Lipinski definition) is 1. The van der Waals surface area contributed by atoms with Crippen LogP contribution in [0.1, 0.15) is 39.0 Å². The number of benzene rings is 1. The third kappa shape index (κ3) is 5.87. The molecule has 1 aliphatic carbocycles. The van der Waals surface area contributed by atoms with Gasteiger partial charge >= 0.3 is 0 Å². The first-order valence-electron chi connectivity index (χ1n) is 9.02. The van der Waals surface area contributed by atoms with E-state index in [1.807, 2.05) is 0 Å². The van der Waals surface area contributed by atoms with Gasteiger partial charge in [0.25, 0.3) is 0 Å². The zero-order chi connectivity index (χ0) is 20.0. The standard InChI is InChI=1S/C19H27ClN2O4S/c1-14(19(23)21-12-11-15-7-5-4-6-8-15)22(27(3,24)25)17-13-16(20)9-10-18(17)26-2/h7,9-10,13-14H,4-6,8,11-12H2,1-3H3,(H,21,23). The fourth-order valence-corrected chi connectivity index (χ4v) is 4.58. The topological polar surface area (TPSA) is 75.7 Å². The second-order valence-electron chi connectivity index (χ2n) is 6.70. The Morgan fingerprint density at radius 3 is 2.70 bits per heavy atom. The smallest absolute Gasteiger partial charge is 0.243 e. The molecule has 1 amide bonds. The number of anilines is 1. The Balaban J connectivity index is 2.15. The van der Waals surface area contributed by atoms with E-state index in [1.54, 1.807) is 19.1 Å². The molecule has 0 aliphatic heterocycles. The fourth-order valence-electron chi connectivity index (χ4n) is 3.24. The van der Waals surface area contributed by atoms with Crippen molar-refractivity contribution in [3.05, 3.63) is 34.9 Å². The minimum Gasteiger partial charge on any atom is -0.495 e. The summed E-state index contributed by atoms with van der Waals surface area (Å²) in [4.78, 5) is 12.6. The number of carbonyl (C=O) groups excluding carboxylic acids is 1. The van der Waals surface area contributed by atoms with Crippen LogP contribution < -0.4 is 14.4 Å². The van der Waals surface area contributed by atoms with E-state index in [-0.39, 0.29) is 11.6 Å². The summed E-state index contributed by atoms with van der Waals surface area (Å²) in [7, 11) is -2.29. The van der Waals surface area contributed by atoms with Crippen LogP contribution in [-0.4, -0.2) is 40.3 Å². The van der Waals surface area contributed by atoms with Gasteiger partial charge in [0.05, 0.1) is 19.1 Å². The van der Waals surface area contributed by atoms with Crippen LogP contribution in [0.3, 0.4) is 0 Å². The van der Waals surface area contributed by atoms with Crippen molar-refractivity contribution in [2.24, 2.45) is 0 Å². The molecular weight excluding hydrogens is 388 g/mol. The van der Waals surface area contributed by atoms with Crippen LogP contribution in [0.5, 0.6) is 5.75 Å². The number of nitrogens with zero attached hydrogens (tertiary/aromatic N) is 1. The first-order chi connectivity index (χ1) is 12.7. The minimum absolute atomic E-state index is 0.241. The maximum atomic E-state index is 12.6. The van der Waals surface area contributed by atoms with Crippen molar-refractivity contribution in [1.82, 2.24) is 5.32 Å². The van der Waals surface area contributed by atoms with E-state index in [9.17, 15) is 13.2 Å². The molecule has 27 heavy (non-hydrogen) atoms. The summed E-state index contributed by atoms with van der Waals surface area (Å²) < 4.78 is 31.1. The maximum absolute atomic E-state index is 12.6. The van der Waals surface area contributed by atoms with Gasteiger partial charge in [0.2, 0.25) is 15.9 Å². The van der Waals surface area contributed by atoms with Gasteiger partial charge in [-0.25, -0.2) is 8.42 Å². The Morgan fingerprint density at radius 1 is 1.37 bits per heavy atom. The van der Waals surface area contributed by atoms with Crippen LogP contribution in [0.4, 0.5) is 5.69 Å². The molecule has 0 heterocycles. The van der Waals surface area contributed by atoms with Crippen LogP contribution in [0, 0.1) is 0 Å². The number of ether oxygens (including phenoxy) is 1. The summed E-state index contributed by atoms with van der Waals surface area (Å²) in [5.41, 5.74) is 1.59. The third-order valence-corrected chi connectivity index (χ3v) is 6.06. The lowest BCUT2D eigenvalue weighted by Crippen LogP contribution is -2.48. The van der Waals surface area contributed by atoms with E-state index >= 15 is 0 Å². The summed E-state index contributed by atoms with van der Waals surface area (Å²) >= 11 is 6.04. The van der Waals surface area contributed by atoms with Gasteiger partial charge in [-0.05, 0) is 57.2 Å². The highest BCUT2D eigenvalue weighted by Gasteiger charge is 2.31. The summed E-state index contributed by atoms with van der Waals surface area (Å²) in [5.74, 6) is -0.0318. The molecule has 0 fully saturated rings. The summed E-state index contributed by atoms with van der Waals surface area (Å²) in [6.45, 7) is 2.04. The van der Waals surface area contributed by atoms with Gasteiger partial charge in [-0.2, -0.15) is 0 Å². The lowest BCUT2D eigenvalue weighted by molar-refractivity contribution is -0.121. The van der Waals surface area contributed by atoms with Gasteiger partial charge < -0.3 is 10.1 Å².